The summed E-state index contributed by atoms with van der Waals surface area (Å²) in [5.74, 6) is 1.02. The van der Waals surface area contributed by atoms with Crippen molar-refractivity contribution < 1.29 is 0 Å². The highest BCUT2D eigenvalue weighted by atomic mass is 32.2. The molecule has 1 aromatic rings. The van der Waals surface area contributed by atoms with E-state index in [1.165, 1.54) is 11.5 Å². The van der Waals surface area contributed by atoms with Gasteiger partial charge in [-0.15, -0.1) is 11.8 Å². The second-order valence-electron chi connectivity index (χ2n) is 1.46. The Hall–Kier alpha value is -0.220. The van der Waals surface area contributed by atoms with Crippen molar-refractivity contribution in [3.63, 3.8) is 0 Å². The van der Waals surface area contributed by atoms with E-state index in [4.69, 9.17) is 0 Å². The Bertz CT molecular complexity index is 227. The molecule has 0 fully saturated rings. The van der Waals surface area contributed by atoms with Crippen LogP contribution in [0.15, 0.2) is 15.1 Å². The zero-order valence-corrected chi connectivity index (χ0v) is 6.64. The minimum Gasteiger partial charge on any atom is -0.277 e. The molecule has 0 radical (unpaired) electrons. The summed E-state index contributed by atoms with van der Waals surface area (Å²) in [7, 11) is 0. The summed E-state index contributed by atoms with van der Waals surface area (Å²) in [5.41, 5.74) is 0.0101. The van der Waals surface area contributed by atoms with Crippen LogP contribution >= 0.6 is 23.3 Å². The smallest absolute Gasteiger partial charge is 0.259 e. The van der Waals surface area contributed by atoms with Crippen LogP contribution in [0.2, 0.25) is 0 Å². The fourth-order valence-corrected chi connectivity index (χ4v) is 2.10. The first-order valence-corrected chi connectivity index (χ1v) is 4.44. The van der Waals surface area contributed by atoms with Crippen LogP contribution in [0.5, 0.6) is 0 Å². The van der Waals surface area contributed by atoms with Crippen LogP contribution in [-0.4, -0.2) is 10.1 Å². The summed E-state index contributed by atoms with van der Waals surface area (Å²) < 4.78 is 3.69. The van der Waals surface area contributed by atoms with Crippen LogP contribution < -0.4 is 5.56 Å². The molecule has 0 saturated carbocycles. The Kier molecular flexibility index (Phi) is 2.36. The Morgan fingerprint density at radius 2 is 2.67 bits per heavy atom. The first-order valence-electron chi connectivity index (χ1n) is 2.64. The van der Waals surface area contributed by atoms with Crippen LogP contribution in [0.25, 0.3) is 0 Å². The molecule has 0 aliphatic rings. The molecule has 0 aromatic carbocycles. The highest BCUT2D eigenvalue weighted by molar-refractivity contribution is 8.01. The van der Waals surface area contributed by atoms with Gasteiger partial charge < -0.3 is 0 Å². The molecule has 0 spiro atoms. The third kappa shape index (κ3) is 1.87. The predicted octanol–water partition coefficient (Wildman–Crippen LogP) is 1.55. The van der Waals surface area contributed by atoms with Gasteiger partial charge in [-0.3, -0.25) is 9.17 Å². The van der Waals surface area contributed by atoms with Crippen molar-refractivity contribution in [3.05, 3.63) is 16.4 Å². The number of rotatable bonds is 2. The molecule has 9 heavy (non-hydrogen) atoms. The van der Waals surface area contributed by atoms with Crippen molar-refractivity contribution >= 4 is 23.3 Å². The second-order valence-corrected chi connectivity index (χ2v) is 3.88. The lowest BCUT2D eigenvalue weighted by atomic mass is 10.8. The van der Waals surface area contributed by atoms with E-state index in [0.29, 0.717) is 0 Å². The average molecular weight is 161 g/mol. The summed E-state index contributed by atoms with van der Waals surface area (Å²) in [6.07, 6.45) is 0. The number of aromatic amines is 1. The van der Waals surface area contributed by atoms with E-state index in [2.05, 4.69) is 11.3 Å². The normalized spacial score (nSPS) is 9.89. The van der Waals surface area contributed by atoms with Crippen molar-refractivity contribution in [2.45, 2.75) is 11.1 Å². The third-order valence-corrected chi connectivity index (χ3v) is 2.70. The number of hydrogen-bond acceptors (Lipinski definition) is 3. The molecule has 0 bridgehead atoms. The molecule has 1 N–H and O–H groups in total. The van der Waals surface area contributed by atoms with Crippen molar-refractivity contribution in [1.29, 1.82) is 0 Å². The lowest BCUT2D eigenvalue weighted by Gasteiger charge is -1.84. The lowest BCUT2D eigenvalue weighted by molar-refractivity contribution is 1.42. The first kappa shape index (κ1) is 6.89. The standard InChI is InChI=1S/C5H7NOS2/c1-2-8-5-3-4(7)6-9-5/h3H,2H2,1H3,(H,6,7). The van der Waals surface area contributed by atoms with E-state index in [-0.39, 0.29) is 5.56 Å². The van der Waals surface area contributed by atoms with Gasteiger partial charge in [0.2, 0.25) is 0 Å². The maximum Gasteiger partial charge on any atom is 0.259 e. The zero-order chi connectivity index (χ0) is 6.69. The Balaban J connectivity index is 2.73. The highest BCUT2D eigenvalue weighted by Crippen LogP contribution is 2.17. The first-order chi connectivity index (χ1) is 4.33. The van der Waals surface area contributed by atoms with Crippen molar-refractivity contribution in [1.82, 2.24) is 4.37 Å². The minimum atomic E-state index is 0.0101. The quantitative estimate of drug-likeness (QED) is 0.667. The van der Waals surface area contributed by atoms with Crippen LogP contribution in [0.3, 0.4) is 0 Å². The van der Waals surface area contributed by atoms with E-state index >= 15 is 0 Å². The summed E-state index contributed by atoms with van der Waals surface area (Å²) in [4.78, 5) is 10.5. The molecule has 0 atom stereocenters. The van der Waals surface area contributed by atoms with Gasteiger partial charge in [0.15, 0.2) is 0 Å². The maximum absolute atomic E-state index is 10.5. The molecule has 2 nitrogen and oxygen atoms in total. The van der Waals surface area contributed by atoms with E-state index < -0.39 is 0 Å². The second kappa shape index (κ2) is 3.08. The molecule has 0 amide bonds. The van der Waals surface area contributed by atoms with Gasteiger partial charge in [-0.25, -0.2) is 0 Å². The van der Waals surface area contributed by atoms with E-state index in [1.54, 1.807) is 17.8 Å². The SMILES string of the molecule is CCSc1cc(=O)[nH]s1. The number of aromatic nitrogens is 1. The fourth-order valence-electron chi connectivity index (χ4n) is 0.480. The predicted molar refractivity (Wildman–Crippen MR) is 41.3 cm³/mol. The molecular formula is C5H7NOS2. The Morgan fingerprint density at radius 1 is 1.89 bits per heavy atom. The monoisotopic (exact) mass is 161 g/mol. The van der Waals surface area contributed by atoms with Gasteiger partial charge in [0, 0.05) is 6.07 Å². The molecule has 1 aromatic heterocycles. The van der Waals surface area contributed by atoms with Crippen LogP contribution in [0, 0.1) is 0 Å². The zero-order valence-electron chi connectivity index (χ0n) is 5.01. The maximum atomic E-state index is 10.5. The van der Waals surface area contributed by atoms with E-state index in [9.17, 15) is 4.79 Å². The highest BCUT2D eigenvalue weighted by Gasteiger charge is 1.93. The number of hydrogen-bond donors (Lipinski definition) is 1. The van der Waals surface area contributed by atoms with Gasteiger partial charge in [-0.2, -0.15) is 0 Å². The molecule has 1 heterocycles. The molecular weight excluding hydrogens is 154 g/mol. The average Bonchev–Trinajstić information content (AvgIpc) is 2.17. The van der Waals surface area contributed by atoms with Gasteiger partial charge in [-0.05, 0) is 5.75 Å². The number of thioether (sulfide) groups is 1. The largest absolute Gasteiger partial charge is 0.277 e. The third-order valence-electron chi connectivity index (χ3n) is 0.788. The van der Waals surface area contributed by atoms with E-state index in [0.717, 1.165) is 9.96 Å². The minimum absolute atomic E-state index is 0.0101. The van der Waals surface area contributed by atoms with Crippen LogP contribution in [0.1, 0.15) is 6.92 Å². The van der Waals surface area contributed by atoms with Gasteiger partial charge in [0.1, 0.15) is 0 Å². The summed E-state index contributed by atoms with van der Waals surface area (Å²) in [6.45, 7) is 2.06. The molecule has 50 valence electrons. The summed E-state index contributed by atoms with van der Waals surface area (Å²) in [5, 5.41) is 0. The summed E-state index contributed by atoms with van der Waals surface area (Å²) in [6, 6.07) is 1.62. The molecule has 0 aliphatic carbocycles. The molecule has 0 unspecified atom stereocenters. The fraction of sp³-hybridized carbons (Fsp3) is 0.400. The Labute approximate surface area is 61.4 Å². The van der Waals surface area contributed by atoms with Crippen molar-refractivity contribution in [3.8, 4) is 0 Å². The number of H-pyrrole nitrogens is 1. The van der Waals surface area contributed by atoms with Gasteiger partial charge in [-0.1, -0.05) is 18.5 Å². The van der Waals surface area contributed by atoms with Crippen LogP contribution in [0.4, 0.5) is 0 Å². The van der Waals surface area contributed by atoms with Crippen molar-refractivity contribution in [2.75, 3.05) is 5.75 Å². The van der Waals surface area contributed by atoms with Crippen LogP contribution in [-0.2, 0) is 0 Å². The molecule has 0 aliphatic heterocycles. The van der Waals surface area contributed by atoms with Crippen molar-refractivity contribution in [2.24, 2.45) is 0 Å². The van der Waals surface area contributed by atoms with Gasteiger partial charge in [0.25, 0.3) is 5.56 Å². The van der Waals surface area contributed by atoms with Gasteiger partial charge >= 0.3 is 0 Å². The number of nitrogens with one attached hydrogen (secondary N) is 1. The molecule has 4 heteroatoms. The lowest BCUT2D eigenvalue weighted by Crippen LogP contribution is -1.91. The van der Waals surface area contributed by atoms with E-state index in [1.807, 2.05) is 0 Å². The molecule has 1 rings (SSSR count). The Morgan fingerprint density at radius 3 is 3.11 bits per heavy atom. The molecule has 0 saturated heterocycles. The van der Waals surface area contributed by atoms with Gasteiger partial charge in [0.05, 0.1) is 4.21 Å². The summed E-state index contributed by atoms with van der Waals surface area (Å²) >= 11 is 3.08. The topological polar surface area (TPSA) is 32.9 Å².